The van der Waals surface area contributed by atoms with Crippen molar-refractivity contribution in [2.45, 2.75) is 6.54 Å². The van der Waals surface area contributed by atoms with Crippen molar-refractivity contribution < 1.29 is 0 Å². The molecule has 1 aromatic heterocycles. The van der Waals surface area contributed by atoms with Crippen LogP contribution < -0.4 is 5.32 Å². The molecule has 0 bridgehead atoms. The normalized spacial score (nSPS) is 14.0. The first kappa shape index (κ1) is 7.94. The van der Waals surface area contributed by atoms with Gasteiger partial charge in [0, 0.05) is 18.5 Å². The molecule has 1 aliphatic rings. The summed E-state index contributed by atoms with van der Waals surface area (Å²) in [7, 11) is 0. The molecule has 3 nitrogen and oxygen atoms in total. The van der Waals surface area contributed by atoms with Crippen molar-refractivity contribution in [2.75, 3.05) is 11.9 Å². The molecule has 2 aromatic rings. The Hall–Kier alpha value is -1.42. The number of anilines is 1. The summed E-state index contributed by atoms with van der Waals surface area (Å²) in [4.78, 5) is 4.39. The molecule has 0 amide bonds. The van der Waals surface area contributed by atoms with E-state index in [-0.39, 0.29) is 0 Å². The van der Waals surface area contributed by atoms with Gasteiger partial charge in [-0.05, 0) is 24.4 Å². The first-order valence-electron chi connectivity index (χ1n) is 4.60. The van der Waals surface area contributed by atoms with Gasteiger partial charge in [-0.25, -0.2) is 4.98 Å². The molecule has 3 rings (SSSR count). The summed E-state index contributed by atoms with van der Waals surface area (Å²) in [6, 6.07) is 8.07. The van der Waals surface area contributed by atoms with E-state index in [1.54, 1.807) is 0 Å². The highest BCUT2D eigenvalue weighted by Crippen LogP contribution is 2.24. The molecule has 0 radical (unpaired) electrons. The first-order chi connectivity index (χ1) is 6.86. The molecule has 4 heteroatoms. The van der Waals surface area contributed by atoms with E-state index in [9.17, 15) is 0 Å². The topological polar surface area (TPSA) is 29.9 Å². The molecule has 70 valence electrons. The van der Waals surface area contributed by atoms with Gasteiger partial charge in [0.15, 0.2) is 0 Å². The van der Waals surface area contributed by atoms with E-state index < -0.39 is 0 Å². The molecule has 1 aromatic carbocycles. The first-order valence-corrected chi connectivity index (χ1v) is 5.00. The highest BCUT2D eigenvalue weighted by molar-refractivity contribution is 7.71. The Balaban J connectivity index is 2.52. The van der Waals surface area contributed by atoms with Gasteiger partial charge in [-0.1, -0.05) is 12.1 Å². The molecule has 0 aliphatic carbocycles. The van der Waals surface area contributed by atoms with E-state index in [1.807, 2.05) is 18.2 Å². The smallest absolute Gasteiger partial charge is 0.201 e. The highest BCUT2D eigenvalue weighted by atomic mass is 32.1. The van der Waals surface area contributed by atoms with Gasteiger partial charge >= 0.3 is 0 Å². The van der Waals surface area contributed by atoms with Crippen molar-refractivity contribution in [3.8, 4) is 0 Å². The number of para-hydroxylation sites is 1. The third-order valence-corrected chi connectivity index (χ3v) is 2.82. The second-order valence-electron chi connectivity index (χ2n) is 3.34. The van der Waals surface area contributed by atoms with Crippen molar-refractivity contribution in [3.63, 3.8) is 0 Å². The summed E-state index contributed by atoms with van der Waals surface area (Å²) in [5.74, 6) is 1.11. The van der Waals surface area contributed by atoms with Gasteiger partial charge in [0.2, 0.25) is 4.77 Å². The van der Waals surface area contributed by atoms with Gasteiger partial charge in [0.25, 0.3) is 0 Å². The minimum atomic E-state index is 0.670. The number of nitrogens with zero attached hydrogens (tertiary/aromatic N) is 2. The van der Waals surface area contributed by atoms with Gasteiger partial charge < -0.3 is 9.88 Å². The van der Waals surface area contributed by atoms with Crippen molar-refractivity contribution in [3.05, 3.63) is 29.0 Å². The summed E-state index contributed by atoms with van der Waals surface area (Å²) in [5, 5.41) is 4.49. The lowest BCUT2D eigenvalue weighted by atomic mass is 10.2. The Morgan fingerprint density at radius 3 is 3.14 bits per heavy atom. The molecule has 0 fully saturated rings. The van der Waals surface area contributed by atoms with Gasteiger partial charge in [-0.15, -0.1) is 0 Å². The zero-order valence-corrected chi connectivity index (χ0v) is 8.34. The van der Waals surface area contributed by atoms with Crippen LogP contribution in [0.15, 0.2) is 24.3 Å². The summed E-state index contributed by atoms with van der Waals surface area (Å²) < 4.78 is 2.72. The predicted molar refractivity (Wildman–Crippen MR) is 59.1 cm³/mol. The number of nitrogens with one attached hydrogen (secondary N) is 1. The Kier molecular flexibility index (Phi) is 1.58. The average Bonchev–Trinajstić information content (AvgIpc) is 2.67. The molecule has 0 saturated carbocycles. The van der Waals surface area contributed by atoms with Crippen LogP contribution in [0.25, 0.3) is 10.9 Å². The number of rotatable bonds is 0. The Bertz CT molecular complexity index is 559. The quantitative estimate of drug-likeness (QED) is 0.666. The molecule has 1 N–H and O–H groups in total. The number of aromatic nitrogens is 2. The molecule has 14 heavy (non-hydrogen) atoms. The maximum absolute atomic E-state index is 5.22. The van der Waals surface area contributed by atoms with Crippen LogP contribution >= 0.6 is 12.2 Å². The second kappa shape index (κ2) is 2.78. The van der Waals surface area contributed by atoms with Gasteiger partial charge in [-0.3, -0.25) is 0 Å². The molecule has 0 saturated heterocycles. The SMILES string of the molecule is S=c1nc2ccccc2c2n1CCN2. The highest BCUT2D eigenvalue weighted by Gasteiger charge is 2.13. The lowest BCUT2D eigenvalue weighted by molar-refractivity contribution is 0.773. The zero-order chi connectivity index (χ0) is 9.54. The van der Waals surface area contributed by atoms with Crippen LogP contribution in [-0.2, 0) is 6.54 Å². The summed E-state index contributed by atoms with van der Waals surface area (Å²) >= 11 is 5.22. The largest absolute Gasteiger partial charge is 0.369 e. The van der Waals surface area contributed by atoms with E-state index >= 15 is 0 Å². The van der Waals surface area contributed by atoms with Crippen LogP contribution in [0.1, 0.15) is 0 Å². The standard InChI is InChI=1S/C10H9N3S/c14-10-12-8-4-2-1-3-7(8)9-11-5-6-13(9)10/h1-4,11H,5-6H2. The summed E-state index contributed by atoms with van der Waals surface area (Å²) in [6.07, 6.45) is 0. The Morgan fingerprint density at radius 1 is 1.36 bits per heavy atom. The van der Waals surface area contributed by atoms with Crippen molar-refractivity contribution in [1.82, 2.24) is 9.55 Å². The van der Waals surface area contributed by atoms with Crippen LogP contribution in [0, 0.1) is 4.77 Å². The van der Waals surface area contributed by atoms with Crippen LogP contribution in [0.5, 0.6) is 0 Å². The zero-order valence-electron chi connectivity index (χ0n) is 7.53. The number of hydrogen-bond acceptors (Lipinski definition) is 3. The van der Waals surface area contributed by atoms with E-state index in [4.69, 9.17) is 12.2 Å². The third-order valence-electron chi connectivity index (χ3n) is 2.50. The van der Waals surface area contributed by atoms with Crippen LogP contribution in [-0.4, -0.2) is 16.1 Å². The van der Waals surface area contributed by atoms with Crippen molar-refractivity contribution >= 4 is 28.9 Å². The number of benzene rings is 1. The van der Waals surface area contributed by atoms with Crippen LogP contribution in [0.3, 0.4) is 0 Å². The minimum absolute atomic E-state index is 0.670. The lowest BCUT2D eigenvalue weighted by Crippen LogP contribution is -1.98. The fourth-order valence-corrected chi connectivity index (χ4v) is 2.14. The lowest BCUT2D eigenvalue weighted by Gasteiger charge is -2.06. The fourth-order valence-electron chi connectivity index (χ4n) is 1.86. The van der Waals surface area contributed by atoms with Crippen LogP contribution in [0.2, 0.25) is 0 Å². The van der Waals surface area contributed by atoms with Gasteiger partial charge in [-0.2, -0.15) is 0 Å². The molecule has 1 aliphatic heterocycles. The summed E-state index contributed by atoms with van der Waals surface area (Å²) in [5.41, 5.74) is 0.971. The predicted octanol–water partition coefficient (Wildman–Crippen LogP) is 2.19. The van der Waals surface area contributed by atoms with E-state index in [1.165, 1.54) is 0 Å². The fraction of sp³-hybridized carbons (Fsp3) is 0.200. The minimum Gasteiger partial charge on any atom is -0.369 e. The van der Waals surface area contributed by atoms with Crippen molar-refractivity contribution in [1.29, 1.82) is 0 Å². The molecule has 2 heterocycles. The number of fused-ring (bicyclic) bond motifs is 3. The Labute approximate surface area is 86.4 Å². The van der Waals surface area contributed by atoms with Gasteiger partial charge in [0.1, 0.15) is 5.82 Å². The van der Waals surface area contributed by atoms with E-state index in [2.05, 4.69) is 20.9 Å². The van der Waals surface area contributed by atoms with Crippen LogP contribution in [0.4, 0.5) is 5.82 Å². The maximum atomic E-state index is 5.22. The number of hydrogen-bond donors (Lipinski definition) is 1. The van der Waals surface area contributed by atoms with E-state index in [0.29, 0.717) is 4.77 Å². The molecule has 0 atom stereocenters. The molecule has 0 spiro atoms. The third kappa shape index (κ3) is 0.974. The molecular formula is C10H9N3S. The average molecular weight is 203 g/mol. The maximum Gasteiger partial charge on any atom is 0.201 e. The second-order valence-corrected chi connectivity index (χ2v) is 3.70. The van der Waals surface area contributed by atoms with E-state index in [0.717, 1.165) is 29.8 Å². The Morgan fingerprint density at radius 2 is 2.21 bits per heavy atom. The monoisotopic (exact) mass is 203 g/mol. The molecular weight excluding hydrogens is 194 g/mol. The van der Waals surface area contributed by atoms with Gasteiger partial charge in [0.05, 0.1) is 5.52 Å². The summed E-state index contributed by atoms with van der Waals surface area (Å²) in [6.45, 7) is 1.87. The molecule has 0 unspecified atom stereocenters. The van der Waals surface area contributed by atoms with Crippen molar-refractivity contribution in [2.24, 2.45) is 0 Å².